The number of anilines is 1. The first kappa shape index (κ1) is 18.2. The highest BCUT2D eigenvalue weighted by Gasteiger charge is 2.24. The maximum atomic E-state index is 12.5. The third kappa shape index (κ3) is 4.42. The van der Waals surface area contributed by atoms with Crippen molar-refractivity contribution in [2.75, 3.05) is 19.5 Å². The number of hydrogen-bond acceptors (Lipinski definition) is 4. The van der Waals surface area contributed by atoms with E-state index < -0.39 is 0 Å². The van der Waals surface area contributed by atoms with Crippen LogP contribution in [0, 0.1) is 11.3 Å². The second-order valence-electron chi connectivity index (χ2n) is 5.87. The van der Waals surface area contributed by atoms with Crippen molar-refractivity contribution < 1.29 is 9.53 Å². The number of nitriles is 1. The summed E-state index contributed by atoms with van der Waals surface area (Å²) in [6, 6.07) is 7.37. The topological polar surface area (TPSA) is 65.4 Å². The molecule has 0 unspecified atom stereocenters. The van der Waals surface area contributed by atoms with Crippen molar-refractivity contribution in [1.29, 1.82) is 5.26 Å². The summed E-state index contributed by atoms with van der Waals surface area (Å²) in [6.45, 7) is 0. The molecular formula is C18H22ClN3O2. The number of rotatable bonds is 5. The second-order valence-corrected chi connectivity index (χ2v) is 6.28. The lowest BCUT2D eigenvalue weighted by atomic mass is 9.94. The molecule has 6 heteroatoms. The highest BCUT2D eigenvalue weighted by Crippen LogP contribution is 2.27. The molecule has 0 atom stereocenters. The van der Waals surface area contributed by atoms with Gasteiger partial charge in [0.25, 0.3) is 5.91 Å². The Labute approximate surface area is 147 Å². The van der Waals surface area contributed by atoms with Crippen LogP contribution in [0.3, 0.4) is 0 Å². The Morgan fingerprint density at radius 3 is 2.71 bits per heavy atom. The number of nitrogens with one attached hydrogen (secondary N) is 1. The zero-order valence-corrected chi connectivity index (χ0v) is 14.8. The van der Waals surface area contributed by atoms with E-state index in [4.69, 9.17) is 16.3 Å². The summed E-state index contributed by atoms with van der Waals surface area (Å²) in [5.74, 6) is 0.316. The van der Waals surface area contributed by atoms with Crippen LogP contribution in [-0.2, 0) is 4.79 Å². The first-order valence-electron chi connectivity index (χ1n) is 8.04. The maximum Gasteiger partial charge on any atom is 0.266 e. The lowest BCUT2D eigenvalue weighted by Gasteiger charge is -2.31. The van der Waals surface area contributed by atoms with Crippen molar-refractivity contribution in [1.82, 2.24) is 4.90 Å². The van der Waals surface area contributed by atoms with E-state index >= 15 is 0 Å². The smallest absolute Gasteiger partial charge is 0.266 e. The highest BCUT2D eigenvalue weighted by atomic mass is 35.5. The molecule has 5 nitrogen and oxygen atoms in total. The summed E-state index contributed by atoms with van der Waals surface area (Å²) in [5, 5.41) is 12.7. The van der Waals surface area contributed by atoms with Gasteiger partial charge in [-0.15, -0.1) is 0 Å². The summed E-state index contributed by atoms with van der Waals surface area (Å²) in [4.78, 5) is 14.2. The number of carbonyl (C=O) groups excluding carboxylic acids is 1. The van der Waals surface area contributed by atoms with Gasteiger partial charge in [-0.2, -0.15) is 5.26 Å². The predicted octanol–water partition coefficient (Wildman–Crippen LogP) is 3.96. The van der Waals surface area contributed by atoms with Crippen LogP contribution in [0.4, 0.5) is 5.69 Å². The van der Waals surface area contributed by atoms with E-state index in [0.29, 0.717) is 16.5 Å². The number of halogens is 1. The van der Waals surface area contributed by atoms with Gasteiger partial charge in [0.1, 0.15) is 17.4 Å². The molecule has 0 spiro atoms. The lowest BCUT2D eigenvalue weighted by Crippen LogP contribution is -2.39. The Bertz CT molecular complexity index is 661. The Hall–Kier alpha value is -2.19. The molecule has 1 saturated carbocycles. The molecule has 128 valence electrons. The van der Waals surface area contributed by atoms with Crippen molar-refractivity contribution in [3.8, 4) is 11.8 Å². The molecule has 1 amide bonds. The van der Waals surface area contributed by atoms with Crippen LogP contribution in [0.5, 0.6) is 5.75 Å². The average Bonchev–Trinajstić information content (AvgIpc) is 2.62. The van der Waals surface area contributed by atoms with Gasteiger partial charge in [-0.05, 0) is 31.0 Å². The fraction of sp³-hybridized carbons (Fsp3) is 0.444. The molecule has 0 radical (unpaired) electrons. The van der Waals surface area contributed by atoms with E-state index in [1.54, 1.807) is 37.3 Å². The van der Waals surface area contributed by atoms with Gasteiger partial charge in [-0.25, -0.2) is 0 Å². The molecule has 1 aliphatic rings. The minimum atomic E-state index is -0.253. The molecular weight excluding hydrogens is 326 g/mol. The van der Waals surface area contributed by atoms with E-state index in [1.807, 2.05) is 6.07 Å². The number of benzene rings is 1. The van der Waals surface area contributed by atoms with Gasteiger partial charge in [-0.1, -0.05) is 30.9 Å². The van der Waals surface area contributed by atoms with Gasteiger partial charge in [-0.3, -0.25) is 4.79 Å². The number of likely N-dealkylation sites (N-methyl/N-ethyl adjacent to an activating group) is 1. The Morgan fingerprint density at radius 2 is 2.12 bits per heavy atom. The van der Waals surface area contributed by atoms with Crippen LogP contribution >= 0.6 is 11.6 Å². The highest BCUT2D eigenvalue weighted by molar-refractivity contribution is 6.32. The largest absolute Gasteiger partial charge is 0.495 e. The number of ether oxygens (including phenoxy) is 1. The van der Waals surface area contributed by atoms with Gasteiger partial charge in [0.05, 0.1) is 12.1 Å². The monoisotopic (exact) mass is 347 g/mol. The number of methoxy groups -OCH3 is 1. The molecule has 1 N–H and O–H groups in total. The van der Waals surface area contributed by atoms with Gasteiger partial charge < -0.3 is 15.0 Å². The molecule has 1 aromatic carbocycles. The summed E-state index contributed by atoms with van der Waals surface area (Å²) < 4.78 is 5.10. The molecule has 2 rings (SSSR count). The Balaban J connectivity index is 2.06. The van der Waals surface area contributed by atoms with Gasteiger partial charge in [0, 0.05) is 25.0 Å². The van der Waals surface area contributed by atoms with Crippen molar-refractivity contribution >= 4 is 23.2 Å². The second kappa shape index (κ2) is 8.60. The molecule has 0 saturated heterocycles. The SMILES string of the molecule is COc1ccc(N/C=C(/C#N)C(=O)N(C)C2CCCCC2)cc1Cl. The van der Waals surface area contributed by atoms with Crippen LogP contribution in [0.2, 0.25) is 5.02 Å². The van der Waals surface area contributed by atoms with Gasteiger partial charge in [0.15, 0.2) is 0 Å². The van der Waals surface area contributed by atoms with Crippen molar-refractivity contribution in [3.63, 3.8) is 0 Å². The molecule has 0 heterocycles. The van der Waals surface area contributed by atoms with Gasteiger partial charge >= 0.3 is 0 Å². The van der Waals surface area contributed by atoms with E-state index in [0.717, 1.165) is 25.7 Å². The number of nitrogens with zero attached hydrogens (tertiary/aromatic N) is 2. The molecule has 1 aromatic rings. The Morgan fingerprint density at radius 1 is 1.42 bits per heavy atom. The van der Waals surface area contributed by atoms with E-state index in [1.165, 1.54) is 12.6 Å². The summed E-state index contributed by atoms with van der Waals surface area (Å²) in [6.07, 6.45) is 6.93. The van der Waals surface area contributed by atoms with Crippen LogP contribution in [-0.4, -0.2) is 31.0 Å². The van der Waals surface area contributed by atoms with E-state index in [2.05, 4.69) is 5.32 Å². The lowest BCUT2D eigenvalue weighted by molar-refractivity contribution is -0.128. The molecule has 0 aliphatic heterocycles. The third-order valence-electron chi connectivity index (χ3n) is 4.33. The zero-order valence-electron chi connectivity index (χ0n) is 14.0. The zero-order chi connectivity index (χ0) is 17.5. The third-order valence-corrected chi connectivity index (χ3v) is 4.62. The standard InChI is InChI=1S/C18H22ClN3O2/c1-22(15-6-4-3-5-7-15)18(23)13(11-20)12-21-14-8-9-17(24-2)16(19)10-14/h8-10,12,15,21H,3-7H2,1-2H3/b13-12-. The maximum absolute atomic E-state index is 12.5. The molecule has 24 heavy (non-hydrogen) atoms. The first-order chi connectivity index (χ1) is 11.6. The quantitative estimate of drug-likeness (QED) is 0.646. The van der Waals surface area contributed by atoms with Gasteiger partial charge in [0.2, 0.25) is 0 Å². The molecule has 1 aliphatic carbocycles. The number of amides is 1. The molecule has 0 bridgehead atoms. The first-order valence-corrected chi connectivity index (χ1v) is 8.42. The van der Waals surface area contributed by atoms with E-state index in [9.17, 15) is 10.1 Å². The van der Waals surface area contributed by atoms with Crippen molar-refractivity contribution in [2.45, 2.75) is 38.1 Å². The summed E-state index contributed by atoms with van der Waals surface area (Å²) in [5.41, 5.74) is 0.761. The number of hydrogen-bond donors (Lipinski definition) is 1. The minimum absolute atomic E-state index is 0.0787. The fourth-order valence-electron chi connectivity index (χ4n) is 2.88. The average molecular weight is 348 g/mol. The normalized spacial score (nSPS) is 15.5. The van der Waals surface area contributed by atoms with Crippen molar-refractivity contribution in [3.05, 3.63) is 35.0 Å². The number of carbonyl (C=O) groups is 1. The van der Waals surface area contributed by atoms with Crippen LogP contribution in [0.25, 0.3) is 0 Å². The summed E-state index contributed by atoms with van der Waals surface area (Å²) in [7, 11) is 3.31. The van der Waals surface area contributed by atoms with Crippen LogP contribution in [0.15, 0.2) is 30.0 Å². The van der Waals surface area contributed by atoms with Crippen LogP contribution in [0.1, 0.15) is 32.1 Å². The van der Waals surface area contributed by atoms with E-state index in [-0.39, 0.29) is 17.5 Å². The molecule has 0 aromatic heterocycles. The van der Waals surface area contributed by atoms with Crippen molar-refractivity contribution in [2.24, 2.45) is 0 Å². The fourth-order valence-corrected chi connectivity index (χ4v) is 3.14. The minimum Gasteiger partial charge on any atom is -0.495 e. The summed E-state index contributed by atoms with van der Waals surface area (Å²) >= 11 is 6.07. The molecule has 1 fully saturated rings. The Kier molecular flexibility index (Phi) is 6.51. The van der Waals surface area contributed by atoms with Crippen LogP contribution < -0.4 is 10.1 Å². The predicted molar refractivity (Wildman–Crippen MR) is 95.0 cm³/mol.